The number of nitrogens with zero attached hydrogens (tertiary/aromatic N) is 2. The second-order valence-electron chi connectivity index (χ2n) is 5.36. The summed E-state index contributed by atoms with van der Waals surface area (Å²) in [6.07, 6.45) is 1.49. The number of carbonyl (C=O) groups excluding carboxylic acids is 1. The van der Waals surface area contributed by atoms with Gasteiger partial charge in [-0.05, 0) is 31.5 Å². The van der Waals surface area contributed by atoms with E-state index in [9.17, 15) is 9.59 Å². The van der Waals surface area contributed by atoms with Gasteiger partial charge in [0, 0.05) is 0 Å². The molecule has 2 aromatic heterocycles. The Hall–Kier alpha value is -2.67. The fourth-order valence-electron chi connectivity index (χ4n) is 2.49. The van der Waals surface area contributed by atoms with E-state index in [1.807, 2.05) is 30.3 Å². The molecule has 0 spiro atoms. The lowest BCUT2D eigenvalue weighted by Gasteiger charge is -2.08. The summed E-state index contributed by atoms with van der Waals surface area (Å²) in [7, 11) is 0. The molecule has 0 saturated carbocycles. The third-order valence-electron chi connectivity index (χ3n) is 3.72. The van der Waals surface area contributed by atoms with Crippen LogP contribution >= 0.6 is 11.3 Å². The number of ether oxygens (including phenoxy) is 2. The van der Waals surface area contributed by atoms with E-state index in [2.05, 4.69) is 4.98 Å². The first-order chi connectivity index (χ1) is 12.1. The van der Waals surface area contributed by atoms with Crippen molar-refractivity contribution in [3.05, 3.63) is 57.5 Å². The Balaban J connectivity index is 1.83. The fourth-order valence-corrected chi connectivity index (χ4v) is 3.52. The van der Waals surface area contributed by atoms with Crippen molar-refractivity contribution in [1.82, 2.24) is 9.55 Å². The lowest BCUT2D eigenvalue weighted by atomic mass is 10.2. The summed E-state index contributed by atoms with van der Waals surface area (Å²) < 4.78 is 12.2. The van der Waals surface area contributed by atoms with Gasteiger partial charge in [-0.15, -0.1) is 11.3 Å². The quantitative estimate of drug-likeness (QED) is 0.634. The average Bonchev–Trinajstić information content (AvgIpc) is 2.96. The number of fused-ring (bicyclic) bond motifs is 1. The van der Waals surface area contributed by atoms with Crippen molar-refractivity contribution < 1.29 is 14.3 Å². The topological polar surface area (TPSA) is 70.4 Å². The summed E-state index contributed by atoms with van der Waals surface area (Å²) in [6, 6.07) is 9.41. The minimum Gasteiger partial charge on any atom is -0.492 e. The standard InChI is InChI=1S/C18H18N2O4S/c1-3-23-18(22)15-12(2)14-16(25-15)19-11-20(17(14)21)9-10-24-13-7-5-4-6-8-13/h4-8,11H,3,9-10H2,1-2H3. The highest BCUT2D eigenvalue weighted by molar-refractivity contribution is 7.20. The summed E-state index contributed by atoms with van der Waals surface area (Å²) in [6.45, 7) is 4.52. The molecule has 0 bridgehead atoms. The van der Waals surface area contributed by atoms with Gasteiger partial charge in [0.05, 0.1) is 24.9 Å². The number of aryl methyl sites for hydroxylation is 1. The Bertz CT molecular complexity index is 947. The van der Waals surface area contributed by atoms with E-state index in [1.54, 1.807) is 13.8 Å². The molecular weight excluding hydrogens is 340 g/mol. The SMILES string of the molecule is CCOC(=O)c1sc2ncn(CCOc3ccccc3)c(=O)c2c1C. The van der Waals surface area contributed by atoms with Crippen molar-refractivity contribution >= 4 is 27.5 Å². The van der Waals surface area contributed by atoms with Crippen LogP contribution in [0.25, 0.3) is 10.2 Å². The zero-order chi connectivity index (χ0) is 17.8. The Morgan fingerprint density at radius 3 is 2.76 bits per heavy atom. The Morgan fingerprint density at radius 1 is 1.28 bits per heavy atom. The minimum absolute atomic E-state index is 0.175. The molecule has 0 amide bonds. The van der Waals surface area contributed by atoms with Crippen LogP contribution < -0.4 is 10.3 Å². The molecule has 1 aromatic carbocycles. The highest BCUT2D eigenvalue weighted by Gasteiger charge is 2.20. The molecule has 3 rings (SSSR count). The number of hydrogen-bond donors (Lipinski definition) is 0. The van der Waals surface area contributed by atoms with Crippen molar-refractivity contribution in [3.63, 3.8) is 0 Å². The average molecular weight is 358 g/mol. The molecule has 0 aliphatic carbocycles. The van der Waals surface area contributed by atoms with Gasteiger partial charge in [-0.25, -0.2) is 9.78 Å². The van der Waals surface area contributed by atoms with Crippen LogP contribution in [-0.2, 0) is 11.3 Å². The second-order valence-corrected chi connectivity index (χ2v) is 6.36. The van der Waals surface area contributed by atoms with Crippen LogP contribution in [0.15, 0.2) is 41.5 Å². The van der Waals surface area contributed by atoms with Crippen molar-refractivity contribution in [1.29, 1.82) is 0 Å². The van der Waals surface area contributed by atoms with Gasteiger partial charge in [-0.3, -0.25) is 9.36 Å². The molecule has 130 valence electrons. The molecule has 0 fully saturated rings. The number of aromatic nitrogens is 2. The summed E-state index contributed by atoms with van der Waals surface area (Å²) in [5.41, 5.74) is 0.445. The van der Waals surface area contributed by atoms with E-state index in [4.69, 9.17) is 9.47 Å². The highest BCUT2D eigenvalue weighted by Crippen LogP contribution is 2.27. The molecule has 0 N–H and O–H groups in total. The molecule has 3 aromatic rings. The number of hydrogen-bond acceptors (Lipinski definition) is 6. The maximum atomic E-state index is 12.7. The summed E-state index contributed by atoms with van der Waals surface area (Å²) in [5, 5.41) is 0.468. The van der Waals surface area contributed by atoms with Crippen molar-refractivity contribution in [2.45, 2.75) is 20.4 Å². The summed E-state index contributed by atoms with van der Waals surface area (Å²) in [4.78, 5) is 30.0. The first-order valence-electron chi connectivity index (χ1n) is 7.95. The predicted octanol–water partition coefficient (Wildman–Crippen LogP) is 3.02. The van der Waals surface area contributed by atoms with Crippen LogP contribution in [-0.4, -0.2) is 28.7 Å². The van der Waals surface area contributed by atoms with E-state index in [1.165, 1.54) is 22.2 Å². The van der Waals surface area contributed by atoms with E-state index < -0.39 is 5.97 Å². The lowest BCUT2D eigenvalue weighted by molar-refractivity contribution is 0.0531. The monoisotopic (exact) mass is 358 g/mol. The van der Waals surface area contributed by atoms with E-state index >= 15 is 0 Å². The van der Waals surface area contributed by atoms with Gasteiger partial charge in [-0.2, -0.15) is 0 Å². The largest absolute Gasteiger partial charge is 0.492 e. The smallest absolute Gasteiger partial charge is 0.348 e. The van der Waals surface area contributed by atoms with Crippen LogP contribution in [0, 0.1) is 6.92 Å². The normalized spacial score (nSPS) is 10.8. The Kier molecular flexibility index (Phi) is 5.14. The predicted molar refractivity (Wildman–Crippen MR) is 96.5 cm³/mol. The van der Waals surface area contributed by atoms with Gasteiger partial charge in [0.2, 0.25) is 0 Å². The van der Waals surface area contributed by atoms with Gasteiger partial charge >= 0.3 is 5.97 Å². The van der Waals surface area contributed by atoms with Gasteiger partial charge in [0.1, 0.15) is 22.1 Å². The number of rotatable bonds is 6. The van der Waals surface area contributed by atoms with Crippen LogP contribution in [0.5, 0.6) is 5.75 Å². The molecule has 2 heterocycles. The van der Waals surface area contributed by atoms with Gasteiger partial charge in [0.15, 0.2) is 0 Å². The number of esters is 1. The van der Waals surface area contributed by atoms with Crippen LogP contribution in [0.2, 0.25) is 0 Å². The minimum atomic E-state index is -0.415. The summed E-state index contributed by atoms with van der Waals surface area (Å²) >= 11 is 1.19. The van der Waals surface area contributed by atoms with Crippen molar-refractivity contribution in [2.75, 3.05) is 13.2 Å². The van der Waals surface area contributed by atoms with Crippen molar-refractivity contribution in [3.8, 4) is 5.75 Å². The molecule has 0 aliphatic heterocycles. The molecule has 0 atom stereocenters. The van der Waals surface area contributed by atoms with E-state index in [0.717, 1.165) is 5.75 Å². The third kappa shape index (κ3) is 3.56. The van der Waals surface area contributed by atoms with Gasteiger partial charge < -0.3 is 9.47 Å². The number of carbonyl (C=O) groups is 1. The second kappa shape index (κ2) is 7.48. The van der Waals surface area contributed by atoms with Crippen LogP contribution in [0.1, 0.15) is 22.2 Å². The van der Waals surface area contributed by atoms with Gasteiger partial charge in [-0.1, -0.05) is 18.2 Å². The molecule has 0 radical (unpaired) electrons. The summed E-state index contributed by atoms with van der Waals surface area (Å²) in [5.74, 6) is 0.335. The molecule has 0 unspecified atom stereocenters. The maximum Gasteiger partial charge on any atom is 0.348 e. The number of para-hydroxylation sites is 1. The molecule has 0 saturated heterocycles. The third-order valence-corrected chi connectivity index (χ3v) is 4.90. The number of benzene rings is 1. The molecule has 0 aliphatic rings. The van der Waals surface area contributed by atoms with Crippen molar-refractivity contribution in [2.24, 2.45) is 0 Å². The highest BCUT2D eigenvalue weighted by atomic mass is 32.1. The lowest BCUT2D eigenvalue weighted by Crippen LogP contribution is -2.23. The fraction of sp³-hybridized carbons (Fsp3) is 0.278. The number of thiophene rings is 1. The first kappa shape index (κ1) is 17.2. The van der Waals surface area contributed by atoms with Gasteiger partial charge in [0.25, 0.3) is 5.56 Å². The molecule has 25 heavy (non-hydrogen) atoms. The molecule has 7 heteroatoms. The first-order valence-corrected chi connectivity index (χ1v) is 8.77. The van der Waals surface area contributed by atoms with E-state index in [-0.39, 0.29) is 5.56 Å². The zero-order valence-electron chi connectivity index (χ0n) is 14.0. The maximum absolute atomic E-state index is 12.7. The molecular formula is C18H18N2O4S. The van der Waals surface area contributed by atoms with E-state index in [0.29, 0.717) is 40.4 Å². The molecule has 6 nitrogen and oxygen atoms in total. The van der Waals surface area contributed by atoms with Crippen LogP contribution in [0.4, 0.5) is 0 Å². The Labute approximate surface area is 148 Å². The zero-order valence-corrected chi connectivity index (χ0v) is 14.8. The van der Waals surface area contributed by atoms with Crippen LogP contribution in [0.3, 0.4) is 0 Å². The Morgan fingerprint density at radius 2 is 2.04 bits per heavy atom.